The lowest BCUT2D eigenvalue weighted by Crippen LogP contribution is -2.31. The van der Waals surface area contributed by atoms with Gasteiger partial charge in [0.25, 0.3) is 0 Å². The third-order valence-electron chi connectivity index (χ3n) is 2.87. The fourth-order valence-corrected chi connectivity index (χ4v) is 1.86. The monoisotopic (exact) mass is 215 g/mol. The Balaban J connectivity index is 2.42. The smallest absolute Gasteiger partial charge is 0.224 e. The molecule has 1 heterocycles. The number of carbonyl (C=O) groups excluding carboxylic acids is 1. The minimum absolute atomic E-state index is 0.0350. The van der Waals surface area contributed by atoms with Crippen LogP contribution in [0.4, 0.5) is 0 Å². The van der Waals surface area contributed by atoms with Gasteiger partial charge in [-0.25, -0.2) is 0 Å². The summed E-state index contributed by atoms with van der Waals surface area (Å²) in [5.41, 5.74) is -0.160. The summed E-state index contributed by atoms with van der Waals surface area (Å²) >= 11 is 0. The molecular formula is C11H21NO3. The highest BCUT2D eigenvalue weighted by Gasteiger charge is 2.36. The summed E-state index contributed by atoms with van der Waals surface area (Å²) in [5, 5.41) is 9.87. The van der Waals surface area contributed by atoms with Gasteiger partial charge in [0.1, 0.15) is 0 Å². The van der Waals surface area contributed by atoms with Crippen LogP contribution in [0, 0.1) is 5.92 Å². The van der Waals surface area contributed by atoms with Crippen LogP contribution in [0.2, 0.25) is 0 Å². The molecule has 1 amide bonds. The normalized spacial score (nSPS) is 26.3. The molecule has 0 bridgehead atoms. The van der Waals surface area contributed by atoms with E-state index in [4.69, 9.17) is 4.74 Å². The van der Waals surface area contributed by atoms with Crippen molar-refractivity contribution in [3.63, 3.8) is 0 Å². The van der Waals surface area contributed by atoms with Gasteiger partial charge in [0.15, 0.2) is 0 Å². The number of hydrogen-bond donors (Lipinski definition) is 1. The Hall–Kier alpha value is -0.610. The predicted octanol–water partition coefficient (Wildman–Crippen LogP) is 0.641. The van der Waals surface area contributed by atoms with E-state index >= 15 is 0 Å². The SMILES string of the molecule is CN(C)C(=O)CC(O)C1COC(C)(C)C1. The molecule has 0 aromatic heterocycles. The van der Waals surface area contributed by atoms with E-state index in [1.807, 2.05) is 13.8 Å². The van der Waals surface area contributed by atoms with Gasteiger partial charge < -0.3 is 14.7 Å². The van der Waals surface area contributed by atoms with Crippen molar-refractivity contribution in [2.75, 3.05) is 20.7 Å². The standard InChI is InChI=1S/C11H21NO3/c1-11(2)6-8(7-15-11)9(13)5-10(14)12(3)4/h8-9,13H,5-7H2,1-4H3. The third-order valence-corrected chi connectivity index (χ3v) is 2.87. The van der Waals surface area contributed by atoms with Crippen LogP contribution in [-0.2, 0) is 9.53 Å². The molecular weight excluding hydrogens is 194 g/mol. The van der Waals surface area contributed by atoms with Crippen molar-refractivity contribution in [3.8, 4) is 0 Å². The van der Waals surface area contributed by atoms with Crippen LogP contribution >= 0.6 is 0 Å². The fourth-order valence-electron chi connectivity index (χ4n) is 1.86. The van der Waals surface area contributed by atoms with Crippen molar-refractivity contribution in [1.29, 1.82) is 0 Å². The highest BCUT2D eigenvalue weighted by atomic mass is 16.5. The number of amides is 1. The second-order valence-corrected chi connectivity index (χ2v) is 5.09. The molecule has 1 saturated heterocycles. The van der Waals surface area contributed by atoms with Crippen LogP contribution in [0.15, 0.2) is 0 Å². The molecule has 4 heteroatoms. The molecule has 88 valence electrons. The van der Waals surface area contributed by atoms with Crippen molar-refractivity contribution in [2.45, 2.75) is 38.4 Å². The quantitative estimate of drug-likeness (QED) is 0.751. The van der Waals surface area contributed by atoms with Crippen molar-refractivity contribution in [2.24, 2.45) is 5.92 Å². The molecule has 1 aliphatic heterocycles. The molecule has 4 nitrogen and oxygen atoms in total. The van der Waals surface area contributed by atoms with Gasteiger partial charge in [0, 0.05) is 20.0 Å². The Bertz CT molecular complexity index is 238. The second-order valence-electron chi connectivity index (χ2n) is 5.09. The van der Waals surface area contributed by atoms with Gasteiger partial charge in [-0.1, -0.05) is 0 Å². The van der Waals surface area contributed by atoms with E-state index in [1.54, 1.807) is 14.1 Å². The topological polar surface area (TPSA) is 49.8 Å². The maximum Gasteiger partial charge on any atom is 0.224 e. The average Bonchev–Trinajstić information content (AvgIpc) is 2.45. The van der Waals surface area contributed by atoms with E-state index in [2.05, 4.69) is 0 Å². The van der Waals surface area contributed by atoms with Gasteiger partial charge in [-0.3, -0.25) is 4.79 Å². The lowest BCUT2D eigenvalue weighted by Gasteiger charge is -2.20. The van der Waals surface area contributed by atoms with Gasteiger partial charge in [0.05, 0.1) is 24.7 Å². The molecule has 0 aromatic rings. The van der Waals surface area contributed by atoms with Gasteiger partial charge in [-0.2, -0.15) is 0 Å². The zero-order valence-electron chi connectivity index (χ0n) is 9.99. The van der Waals surface area contributed by atoms with Crippen molar-refractivity contribution < 1.29 is 14.6 Å². The minimum atomic E-state index is -0.582. The molecule has 0 aliphatic carbocycles. The number of aliphatic hydroxyl groups excluding tert-OH is 1. The highest BCUT2D eigenvalue weighted by Crippen LogP contribution is 2.32. The third kappa shape index (κ3) is 3.47. The molecule has 2 atom stereocenters. The van der Waals surface area contributed by atoms with Crippen LogP contribution in [0.1, 0.15) is 26.7 Å². The highest BCUT2D eigenvalue weighted by molar-refractivity contribution is 5.76. The van der Waals surface area contributed by atoms with Crippen LogP contribution in [0.25, 0.3) is 0 Å². The van der Waals surface area contributed by atoms with Crippen LogP contribution < -0.4 is 0 Å². The molecule has 0 radical (unpaired) electrons. The molecule has 1 aliphatic rings. The second kappa shape index (κ2) is 4.49. The fraction of sp³-hybridized carbons (Fsp3) is 0.909. The van der Waals surface area contributed by atoms with E-state index in [9.17, 15) is 9.90 Å². The molecule has 0 aromatic carbocycles. The number of ether oxygens (including phenoxy) is 1. The van der Waals surface area contributed by atoms with Crippen LogP contribution in [-0.4, -0.2) is 48.3 Å². The first kappa shape index (κ1) is 12.5. The van der Waals surface area contributed by atoms with E-state index in [0.717, 1.165) is 6.42 Å². The maximum absolute atomic E-state index is 11.4. The number of aliphatic hydroxyl groups is 1. The average molecular weight is 215 g/mol. The summed E-state index contributed by atoms with van der Waals surface area (Å²) in [4.78, 5) is 12.9. The zero-order chi connectivity index (χ0) is 11.6. The lowest BCUT2D eigenvalue weighted by atomic mass is 9.92. The first-order chi connectivity index (χ1) is 6.82. The number of hydrogen-bond acceptors (Lipinski definition) is 3. The Kier molecular flexibility index (Phi) is 3.73. The summed E-state index contributed by atoms with van der Waals surface area (Å²) in [6, 6.07) is 0. The molecule has 1 fully saturated rings. The van der Waals surface area contributed by atoms with E-state index in [-0.39, 0.29) is 23.8 Å². The van der Waals surface area contributed by atoms with Crippen molar-refractivity contribution >= 4 is 5.91 Å². The van der Waals surface area contributed by atoms with Crippen LogP contribution in [0.3, 0.4) is 0 Å². The Morgan fingerprint density at radius 2 is 2.20 bits per heavy atom. The number of nitrogens with zero attached hydrogens (tertiary/aromatic N) is 1. The molecule has 1 N–H and O–H groups in total. The van der Waals surface area contributed by atoms with E-state index in [1.165, 1.54) is 4.90 Å². The first-order valence-electron chi connectivity index (χ1n) is 5.34. The van der Waals surface area contributed by atoms with Gasteiger partial charge in [-0.05, 0) is 20.3 Å². The molecule has 15 heavy (non-hydrogen) atoms. The summed E-state index contributed by atoms with van der Waals surface area (Å²) in [6.07, 6.45) is 0.424. The van der Waals surface area contributed by atoms with E-state index in [0.29, 0.717) is 6.61 Å². The van der Waals surface area contributed by atoms with Gasteiger partial charge in [-0.15, -0.1) is 0 Å². The Labute approximate surface area is 91.2 Å². The van der Waals surface area contributed by atoms with Crippen LogP contribution in [0.5, 0.6) is 0 Å². The molecule has 1 rings (SSSR count). The minimum Gasteiger partial charge on any atom is -0.392 e. The Morgan fingerprint density at radius 3 is 2.60 bits per heavy atom. The predicted molar refractivity (Wildman–Crippen MR) is 57.5 cm³/mol. The lowest BCUT2D eigenvalue weighted by molar-refractivity contribution is -0.131. The number of rotatable bonds is 3. The molecule has 2 unspecified atom stereocenters. The zero-order valence-corrected chi connectivity index (χ0v) is 9.99. The summed E-state index contributed by atoms with van der Waals surface area (Å²) < 4.78 is 5.53. The largest absolute Gasteiger partial charge is 0.392 e. The summed E-state index contributed by atoms with van der Waals surface area (Å²) in [5.74, 6) is 0.0520. The van der Waals surface area contributed by atoms with E-state index < -0.39 is 6.10 Å². The maximum atomic E-state index is 11.4. The molecule has 0 saturated carbocycles. The molecule has 0 spiro atoms. The first-order valence-corrected chi connectivity index (χ1v) is 5.34. The Morgan fingerprint density at radius 1 is 1.60 bits per heavy atom. The van der Waals surface area contributed by atoms with Crippen molar-refractivity contribution in [3.05, 3.63) is 0 Å². The van der Waals surface area contributed by atoms with Gasteiger partial charge in [0.2, 0.25) is 5.91 Å². The van der Waals surface area contributed by atoms with Gasteiger partial charge >= 0.3 is 0 Å². The number of carbonyl (C=O) groups is 1. The summed E-state index contributed by atoms with van der Waals surface area (Å²) in [6.45, 7) is 4.57. The summed E-state index contributed by atoms with van der Waals surface area (Å²) in [7, 11) is 3.40. The van der Waals surface area contributed by atoms with Crippen molar-refractivity contribution in [1.82, 2.24) is 4.90 Å².